The molecule has 0 spiro atoms. The molecule has 1 N–H and O–H groups in total. The molecular formula is C19H30N6OS. The number of nitrogens with zero attached hydrogens (tertiary/aromatic N) is 5. The van der Waals surface area contributed by atoms with Crippen molar-refractivity contribution in [1.82, 2.24) is 19.7 Å². The van der Waals surface area contributed by atoms with E-state index in [2.05, 4.69) is 20.3 Å². The quantitative estimate of drug-likeness (QED) is 0.849. The van der Waals surface area contributed by atoms with Crippen LogP contribution in [0.25, 0.3) is 0 Å². The molecule has 1 fully saturated rings. The predicted octanol–water partition coefficient (Wildman–Crippen LogP) is 3.23. The third kappa shape index (κ3) is 4.87. The van der Waals surface area contributed by atoms with Crippen LogP contribution in [-0.2, 0) is 11.3 Å². The maximum atomic E-state index is 12.3. The molecule has 3 heterocycles. The van der Waals surface area contributed by atoms with E-state index in [1.807, 2.05) is 56.7 Å². The van der Waals surface area contributed by atoms with Gasteiger partial charge in [-0.25, -0.2) is 9.67 Å². The second-order valence-electron chi connectivity index (χ2n) is 8.38. The summed E-state index contributed by atoms with van der Waals surface area (Å²) in [5.41, 5.74) is -0.418. The van der Waals surface area contributed by atoms with E-state index in [-0.39, 0.29) is 5.91 Å². The van der Waals surface area contributed by atoms with Crippen molar-refractivity contribution in [3.05, 3.63) is 23.3 Å². The maximum Gasteiger partial charge on any atom is 0.230 e. The van der Waals surface area contributed by atoms with E-state index in [4.69, 9.17) is 0 Å². The van der Waals surface area contributed by atoms with E-state index in [0.717, 1.165) is 43.4 Å². The van der Waals surface area contributed by atoms with Gasteiger partial charge in [-0.1, -0.05) is 20.8 Å². The van der Waals surface area contributed by atoms with Gasteiger partial charge in [0.15, 0.2) is 5.13 Å². The summed E-state index contributed by atoms with van der Waals surface area (Å²) >= 11 is 1.75. The van der Waals surface area contributed by atoms with E-state index in [1.165, 1.54) is 4.88 Å². The highest BCUT2D eigenvalue weighted by Gasteiger charge is 2.26. The lowest BCUT2D eigenvalue weighted by Gasteiger charge is -2.32. The molecule has 0 saturated carbocycles. The summed E-state index contributed by atoms with van der Waals surface area (Å²) in [5.74, 6) is 0.815. The van der Waals surface area contributed by atoms with Crippen LogP contribution in [0, 0.1) is 5.41 Å². The minimum Gasteiger partial charge on any atom is -0.354 e. The molecule has 2 aromatic heterocycles. The summed E-state index contributed by atoms with van der Waals surface area (Å²) in [7, 11) is 4.04. The Morgan fingerprint density at radius 2 is 2.04 bits per heavy atom. The molecule has 1 amide bonds. The third-order valence-electron chi connectivity index (χ3n) is 4.80. The molecule has 0 radical (unpaired) electrons. The van der Waals surface area contributed by atoms with Crippen molar-refractivity contribution in [2.24, 2.45) is 5.41 Å². The summed E-state index contributed by atoms with van der Waals surface area (Å²) in [6.45, 7) is 8.75. The fourth-order valence-electron chi connectivity index (χ4n) is 3.13. The molecule has 1 aliphatic rings. The minimum absolute atomic E-state index is 0.0172. The second kappa shape index (κ2) is 7.98. The summed E-state index contributed by atoms with van der Waals surface area (Å²) in [4.78, 5) is 22.6. The normalized spacial score (nSPS) is 16.5. The predicted molar refractivity (Wildman–Crippen MR) is 110 cm³/mol. The van der Waals surface area contributed by atoms with Crippen LogP contribution in [-0.4, -0.2) is 52.8 Å². The van der Waals surface area contributed by atoms with Crippen LogP contribution in [0.15, 0.2) is 18.5 Å². The fourth-order valence-corrected chi connectivity index (χ4v) is 4.00. The van der Waals surface area contributed by atoms with Gasteiger partial charge in [-0.3, -0.25) is 9.69 Å². The molecule has 7 nitrogen and oxygen atoms in total. The zero-order valence-corrected chi connectivity index (χ0v) is 17.7. The number of piperidine rings is 1. The van der Waals surface area contributed by atoms with Crippen LogP contribution in [0.1, 0.15) is 44.5 Å². The van der Waals surface area contributed by atoms with Crippen molar-refractivity contribution in [3.8, 4) is 0 Å². The molecule has 1 saturated heterocycles. The van der Waals surface area contributed by atoms with Crippen molar-refractivity contribution >= 4 is 28.2 Å². The van der Waals surface area contributed by atoms with Gasteiger partial charge in [0.2, 0.25) is 5.91 Å². The zero-order chi connectivity index (χ0) is 19.6. The third-order valence-corrected chi connectivity index (χ3v) is 5.95. The van der Waals surface area contributed by atoms with Crippen molar-refractivity contribution < 1.29 is 4.79 Å². The van der Waals surface area contributed by atoms with Gasteiger partial charge in [-0.05, 0) is 12.8 Å². The van der Waals surface area contributed by atoms with E-state index in [9.17, 15) is 4.79 Å². The molecule has 0 aromatic carbocycles. The molecule has 148 valence electrons. The molecule has 1 aliphatic heterocycles. The average Bonchev–Trinajstić information content (AvgIpc) is 3.24. The molecule has 0 bridgehead atoms. The van der Waals surface area contributed by atoms with Crippen LogP contribution < -0.4 is 10.2 Å². The molecule has 8 heteroatoms. The first kappa shape index (κ1) is 19.8. The molecule has 0 atom stereocenters. The largest absolute Gasteiger partial charge is 0.354 e. The standard InChI is InChI=1S/C19H30N6OS/c1-19(2,3)17(26)22-16-6-9-21-25(16)14-7-10-24(11-8-14)13-15-12-20-18(27-15)23(4)5/h6,9,12,14H,7-8,10-11,13H2,1-5H3,(H,22,26). The summed E-state index contributed by atoms with van der Waals surface area (Å²) in [5, 5.41) is 8.56. The van der Waals surface area contributed by atoms with Gasteiger partial charge in [-0.2, -0.15) is 5.10 Å². The number of carbonyl (C=O) groups excluding carboxylic acids is 1. The molecule has 27 heavy (non-hydrogen) atoms. The average molecular weight is 391 g/mol. The van der Waals surface area contributed by atoms with E-state index in [1.54, 1.807) is 17.5 Å². The number of hydrogen-bond acceptors (Lipinski definition) is 6. The van der Waals surface area contributed by atoms with E-state index in [0.29, 0.717) is 6.04 Å². The first-order valence-electron chi connectivity index (χ1n) is 9.43. The number of thiazole rings is 1. The Hall–Kier alpha value is -1.93. The Labute approximate surface area is 165 Å². The number of anilines is 2. The Kier molecular flexibility index (Phi) is 5.86. The van der Waals surface area contributed by atoms with Gasteiger partial charge in [0.05, 0.1) is 12.2 Å². The van der Waals surface area contributed by atoms with Gasteiger partial charge in [0.1, 0.15) is 5.82 Å². The number of amides is 1. The molecular weight excluding hydrogens is 360 g/mol. The summed E-state index contributed by atoms with van der Waals surface area (Å²) in [6.07, 6.45) is 5.81. The highest BCUT2D eigenvalue weighted by Crippen LogP contribution is 2.28. The second-order valence-corrected chi connectivity index (χ2v) is 9.47. The number of likely N-dealkylation sites (tertiary alicyclic amines) is 1. The summed E-state index contributed by atoms with van der Waals surface area (Å²) < 4.78 is 1.98. The van der Waals surface area contributed by atoms with Gasteiger partial charge < -0.3 is 10.2 Å². The first-order valence-corrected chi connectivity index (χ1v) is 10.2. The Balaban J connectivity index is 1.56. The van der Waals surface area contributed by atoms with E-state index >= 15 is 0 Å². The monoisotopic (exact) mass is 390 g/mol. The number of rotatable bonds is 5. The minimum atomic E-state index is -0.418. The number of hydrogen-bond donors (Lipinski definition) is 1. The van der Waals surface area contributed by atoms with Crippen molar-refractivity contribution in [2.75, 3.05) is 37.4 Å². The number of carbonyl (C=O) groups is 1. The lowest BCUT2D eigenvalue weighted by Crippen LogP contribution is -2.35. The zero-order valence-electron chi connectivity index (χ0n) is 16.9. The Morgan fingerprint density at radius 1 is 1.33 bits per heavy atom. The molecule has 3 rings (SSSR count). The molecule has 0 unspecified atom stereocenters. The van der Waals surface area contributed by atoms with Crippen molar-refractivity contribution in [1.29, 1.82) is 0 Å². The van der Waals surface area contributed by atoms with Crippen molar-refractivity contribution in [3.63, 3.8) is 0 Å². The topological polar surface area (TPSA) is 66.3 Å². The number of nitrogens with one attached hydrogen (secondary N) is 1. The highest BCUT2D eigenvalue weighted by atomic mass is 32.1. The first-order chi connectivity index (χ1) is 12.7. The van der Waals surface area contributed by atoms with Gasteiger partial charge in [0.25, 0.3) is 0 Å². The molecule has 2 aromatic rings. The van der Waals surface area contributed by atoms with Crippen LogP contribution in [0.4, 0.5) is 10.9 Å². The fraction of sp³-hybridized carbons (Fsp3) is 0.632. The van der Waals surface area contributed by atoms with Crippen LogP contribution in [0.3, 0.4) is 0 Å². The highest BCUT2D eigenvalue weighted by molar-refractivity contribution is 7.15. The Morgan fingerprint density at radius 3 is 2.63 bits per heavy atom. The molecule has 0 aliphatic carbocycles. The smallest absolute Gasteiger partial charge is 0.230 e. The Bertz CT molecular complexity index is 767. The van der Waals surface area contributed by atoms with Gasteiger partial charge in [0, 0.05) is 56.3 Å². The summed E-state index contributed by atoms with van der Waals surface area (Å²) in [6, 6.07) is 2.21. The SMILES string of the molecule is CN(C)c1ncc(CN2CCC(n3nccc3NC(=O)C(C)(C)C)CC2)s1. The van der Waals surface area contributed by atoms with Crippen LogP contribution in [0.5, 0.6) is 0 Å². The maximum absolute atomic E-state index is 12.3. The van der Waals surface area contributed by atoms with Crippen LogP contribution in [0.2, 0.25) is 0 Å². The lowest BCUT2D eigenvalue weighted by molar-refractivity contribution is -0.123. The van der Waals surface area contributed by atoms with Crippen molar-refractivity contribution in [2.45, 2.75) is 46.2 Å². The van der Waals surface area contributed by atoms with E-state index < -0.39 is 5.41 Å². The van der Waals surface area contributed by atoms with Crippen LogP contribution >= 0.6 is 11.3 Å². The lowest BCUT2D eigenvalue weighted by atomic mass is 9.96. The number of aromatic nitrogens is 3. The van der Waals surface area contributed by atoms with Gasteiger partial charge >= 0.3 is 0 Å². The van der Waals surface area contributed by atoms with Gasteiger partial charge in [-0.15, -0.1) is 11.3 Å².